The van der Waals surface area contributed by atoms with Crippen LogP contribution in [0.15, 0.2) is 89.9 Å². The van der Waals surface area contributed by atoms with Crippen molar-refractivity contribution < 1.29 is 9.90 Å². The van der Waals surface area contributed by atoms with Crippen molar-refractivity contribution in [1.82, 2.24) is 0 Å². The second-order valence-electron chi connectivity index (χ2n) is 10.5. The van der Waals surface area contributed by atoms with Crippen molar-refractivity contribution in [1.29, 1.82) is 0 Å². The number of carbonyl (C=O) groups excluding carboxylic acids is 1. The molecule has 3 heteroatoms. The lowest BCUT2D eigenvalue weighted by Crippen LogP contribution is -2.42. The van der Waals surface area contributed by atoms with Crippen molar-refractivity contribution in [2.75, 3.05) is 6.61 Å². The summed E-state index contributed by atoms with van der Waals surface area (Å²) >= 11 is 0. The molecule has 178 valence electrons. The smallest absolute Gasteiger partial charge is 0.180 e. The fourth-order valence-electron chi connectivity index (χ4n) is 7.52. The van der Waals surface area contributed by atoms with E-state index in [9.17, 15) is 9.90 Å². The number of hydrogen-bond donors (Lipinski definition) is 1. The van der Waals surface area contributed by atoms with Crippen molar-refractivity contribution in [2.45, 2.75) is 43.9 Å². The number of hydrogen-bond acceptors (Lipinski definition) is 3. The first-order valence-electron chi connectivity index (χ1n) is 13.2. The molecule has 0 heterocycles. The quantitative estimate of drug-likeness (QED) is 0.470. The van der Waals surface area contributed by atoms with Crippen molar-refractivity contribution >= 4 is 17.2 Å². The Hall–Kier alpha value is -3.04. The van der Waals surface area contributed by atoms with Crippen LogP contribution in [0.2, 0.25) is 0 Å². The van der Waals surface area contributed by atoms with Crippen LogP contribution >= 0.6 is 0 Å². The van der Waals surface area contributed by atoms with Gasteiger partial charge in [-0.25, -0.2) is 4.99 Å². The SMILES string of the molecule is O=C1C(=Nc2ccccc2CCO)C2CCC(c3ccccc3)C3C(c4ccccc4)CCC1C23. The van der Waals surface area contributed by atoms with Crippen molar-refractivity contribution in [3.8, 4) is 0 Å². The van der Waals surface area contributed by atoms with Crippen LogP contribution in [0.1, 0.15) is 54.2 Å². The minimum absolute atomic E-state index is 0.0835. The standard InChI is InChI=1S/C32H33NO2/c34-20-19-23-13-7-8-14-28(23)33-31-26-17-15-24(21-9-3-1-4-10-21)29-25(22-11-5-2-6-12-22)16-18-27(30(26)29)32(31)35/h1-14,24-27,29-30,34H,15-20H2. The van der Waals surface area contributed by atoms with Crippen LogP contribution in [0.3, 0.4) is 0 Å². The summed E-state index contributed by atoms with van der Waals surface area (Å²) in [6.07, 6.45) is 4.69. The van der Waals surface area contributed by atoms with E-state index in [0.29, 0.717) is 30.1 Å². The van der Waals surface area contributed by atoms with Gasteiger partial charge in [0.05, 0.1) is 11.4 Å². The molecule has 3 aliphatic rings. The summed E-state index contributed by atoms with van der Waals surface area (Å²) in [6, 6.07) is 29.9. The van der Waals surface area contributed by atoms with Gasteiger partial charge in [-0.1, -0.05) is 78.9 Å². The zero-order chi connectivity index (χ0) is 23.8. The predicted octanol–water partition coefficient (Wildman–Crippen LogP) is 6.50. The van der Waals surface area contributed by atoms with E-state index in [1.807, 2.05) is 24.3 Å². The Balaban J connectivity index is 1.43. The number of aliphatic imine (C=N–C) groups is 1. The first kappa shape index (κ1) is 22.4. The summed E-state index contributed by atoms with van der Waals surface area (Å²) in [7, 11) is 0. The molecule has 6 unspecified atom stereocenters. The van der Waals surface area contributed by atoms with Crippen molar-refractivity contribution in [3.63, 3.8) is 0 Å². The number of Topliss-reactive ketones (excluding diaryl/α,β-unsaturated/α-hetero) is 1. The Morgan fingerprint density at radius 2 is 1.17 bits per heavy atom. The highest BCUT2D eigenvalue weighted by Gasteiger charge is 2.58. The van der Waals surface area contributed by atoms with Crippen LogP contribution in [0.5, 0.6) is 0 Å². The molecule has 6 rings (SSSR count). The molecule has 0 aliphatic heterocycles. The zero-order valence-corrected chi connectivity index (χ0v) is 20.1. The van der Waals surface area contributed by atoms with Gasteiger partial charge in [0, 0.05) is 18.4 Å². The Labute approximate surface area is 207 Å². The van der Waals surface area contributed by atoms with E-state index in [2.05, 4.69) is 60.7 Å². The van der Waals surface area contributed by atoms with Crippen LogP contribution < -0.4 is 0 Å². The van der Waals surface area contributed by atoms with Gasteiger partial charge in [-0.3, -0.25) is 4.79 Å². The summed E-state index contributed by atoms with van der Waals surface area (Å²) in [5.74, 6) is 2.33. The minimum Gasteiger partial charge on any atom is -0.396 e. The molecule has 0 aromatic heterocycles. The van der Waals surface area contributed by atoms with Crippen molar-refractivity contribution in [3.05, 3.63) is 102 Å². The third-order valence-electron chi connectivity index (χ3n) is 8.89. The van der Waals surface area contributed by atoms with Gasteiger partial charge >= 0.3 is 0 Å². The molecule has 0 amide bonds. The molecule has 3 aromatic rings. The van der Waals surface area contributed by atoms with E-state index in [-0.39, 0.29) is 24.2 Å². The molecule has 3 fully saturated rings. The van der Waals surface area contributed by atoms with Gasteiger partial charge in [0.25, 0.3) is 0 Å². The summed E-state index contributed by atoms with van der Waals surface area (Å²) in [6.45, 7) is 0.0874. The first-order chi connectivity index (χ1) is 17.3. The van der Waals surface area contributed by atoms with E-state index >= 15 is 0 Å². The fourth-order valence-corrected chi connectivity index (χ4v) is 7.52. The summed E-state index contributed by atoms with van der Waals surface area (Å²) in [4.78, 5) is 18.9. The molecule has 6 atom stereocenters. The van der Waals surface area contributed by atoms with E-state index in [0.717, 1.165) is 42.6 Å². The molecule has 0 bridgehead atoms. The lowest BCUT2D eigenvalue weighted by atomic mass is 9.54. The van der Waals surface area contributed by atoms with Crippen LogP contribution in [0.25, 0.3) is 0 Å². The highest BCUT2D eigenvalue weighted by atomic mass is 16.3. The normalized spacial score (nSPS) is 30.9. The van der Waals surface area contributed by atoms with Crippen LogP contribution in [-0.2, 0) is 11.2 Å². The maximum atomic E-state index is 13.9. The van der Waals surface area contributed by atoms with Gasteiger partial charge in [-0.15, -0.1) is 0 Å². The minimum atomic E-state index is 0.0835. The van der Waals surface area contributed by atoms with Crippen LogP contribution in [-0.4, -0.2) is 23.2 Å². The molecule has 3 saturated carbocycles. The van der Waals surface area contributed by atoms with E-state index in [1.165, 1.54) is 11.1 Å². The van der Waals surface area contributed by atoms with Gasteiger partial charge in [-0.2, -0.15) is 0 Å². The third kappa shape index (κ3) is 3.96. The second kappa shape index (κ2) is 9.54. The van der Waals surface area contributed by atoms with E-state index in [1.54, 1.807) is 0 Å². The molecule has 0 spiro atoms. The van der Waals surface area contributed by atoms with Gasteiger partial charge in [-0.05, 0) is 78.5 Å². The lowest BCUT2D eigenvalue weighted by molar-refractivity contribution is -0.118. The highest BCUT2D eigenvalue weighted by Crippen LogP contribution is 2.61. The van der Waals surface area contributed by atoms with E-state index < -0.39 is 0 Å². The zero-order valence-electron chi connectivity index (χ0n) is 20.1. The fraction of sp³-hybridized carbons (Fsp3) is 0.375. The summed E-state index contributed by atoms with van der Waals surface area (Å²) in [5, 5.41) is 9.53. The molecular formula is C32H33NO2. The number of rotatable bonds is 5. The Bertz CT molecular complexity index is 1180. The Morgan fingerprint density at radius 3 is 1.80 bits per heavy atom. The summed E-state index contributed by atoms with van der Waals surface area (Å²) in [5.41, 5.74) is 5.51. The number of carbonyl (C=O) groups is 1. The summed E-state index contributed by atoms with van der Waals surface area (Å²) < 4.78 is 0. The van der Waals surface area contributed by atoms with Crippen molar-refractivity contribution in [2.24, 2.45) is 28.7 Å². The number of aliphatic hydroxyl groups excluding tert-OH is 1. The number of aliphatic hydroxyl groups is 1. The maximum absolute atomic E-state index is 13.9. The number of nitrogens with zero attached hydrogens (tertiary/aromatic N) is 1. The molecule has 35 heavy (non-hydrogen) atoms. The molecule has 0 saturated heterocycles. The highest BCUT2D eigenvalue weighted by molar-refractivity contribution is 6.44. The first-order valence-corrected chi connectivity index (χ1v) is 13.2. The number of benzene rings is 3. The van der Waals surface area contributed by atoms with Crippen LogP contribution in [0.4, 0.5) is 5.69 Å². The molecule has 1 N–H and O–H groups in total. The van der Waals surface area contributed by atoms with Gasteiger partial charge in [0.15, 0.2) is 5.78 Å². The Kier molecular flexibility index (Phi) is 6.12. The lowest BCUT2D eigenvalue weighted by Gasteiger charge is -2.49. The van der Waals surface area contributed by atoms with Crippen LogP contribution in [0, 0.1) is 23.7 Å². The molecule has 3 aromatic carbocycles. The van der Waals surface area contributed by atoms with Gasteiger partial charge < -0.3 is 5.11 Å². The number of para-hydroxylation sites is 1. The average Bonchev–Trinajstić information content (AvgIpc) is 3.18. The molecule has 3 nitrogen and oxygen atoms in total. The molecule has 3 aliphatic carbocycles. The number of ketones is 1. The maximum Gasteiger partial charge on any atom is 0.180 e. The monoisotopic (exact) mass is 463 g/mol. The molecule has 0 radical (unpaired) electrons. The molecular weight excluding hydrogens is 430 g/mol. The third-order valence-corrected chi connectivity index (χ3v) is 8.89. The van der Waals surface area contributed by atoms with E-state index in [4.69, 9.17) is 4.99 Å². The van der Waals surface area contributed by atoms with Gasteiger partial charge in [0.2, 0.25) is 0 Å². The average molecular weight is 464 g/mol. The van der Waals surface area contributed by atoms with Gasteiger partial charge in [0.1, 0.15) is 0 Å². The topological polar surface area (TPSA) is 49.7 Å². The Morgan fingerprint density at radius 1 is 0.657 bits per heavy atom. The largest absolute Gasteiger partial charge is 0.396 e. The predicted molar refractivity (Wildman–Crippen MR) is 140 cm³/mol. The second-order valence-corrected chi connectivity index (χ2v) is 10.5.